The summed E-state index contributed by atoms with van der Waals surface area (Å²) in [5.74, 6) is 0.294. The van der Waals surface area contributed by atoms with E-state index in [1.54, 1.807) is 14.0 Å². The summed E-state index contributed by atoms with van der Waals surface area (Å²) in [6.07, 6.45) is 2.91. The zero-order valence-corrected chi connectivity index (χ0v) is 12.7. The predicted molar refractivity (Wildman–Crippen MR) is 75.5 cm³/mol. The van der Waals surface area contributed by atoms with Crippen LogP contribution in [-0.2, 0) is 17.1 Å². The molecule has 0 atom stereocenters. The molecule has 0 amide bonds. The fraction of sp³-hybridized carbons (Fsp3) is 0.750. The molecule has 114 valence electrons. The molecular formula is C12H22N4O3S. The van der Waals surface area contributed by atoms with Crippen LogP contribution < -0.4 is 10.5 Å². The molecule has 0 bridgehead atoms. The van der Waals surface area contributed by atoms with Gasteiger partial charge in [-0.05, 0) is 38.5 Å². The average Bonchev–Trinajstić information content (AvgIpc) is 2.63. The monoisotopic (exact) mass is 302 g/mol. The van der Waals surface area contributed by atoms with E-state index in [1.165, 1.54) is 4.68 Å². The average molecular weight is 302 g/mol. The molecule has 0 aliphatic heterocycles. The lowest BCUT2D eigenvalue weighted by Crippen LogP contribution is -2.32. The molecule has 0 aromatic carbocycles. The molecule has 7 nitrogen and oxygen atoms in total. The van der Waals surface area contributed by atoms with Gasteiger partial charge in [-0.2, -0.15) is 5.10 Å². The summed E-state index contributed by atoms with van der Waals surface area (Å²) in [6.45, 7) is 2.05. The topological polar surface area (TPSA) is 110 Å². The van der Waals surface area contributed by atoms with Crippen LogP contribution in [0.5, 0.6) is 0 Å². The molecule has 1 heterocycles. The summed E-state index contributed by atoms with van der Waals surface area (Å²) in [5, 5.41) is 13.4. The van der Waals surface area contributed by atoms with Crippen LogP contribution in [0.25, 0.3) is 0 Å². The molecule has 1 aromatic heterocycles. The molecule has 0 spiro atoms. The summed E-state index contributed by atoms with van der Waals surface area (Å²) >= 11 is 0. The van der Waals surface area contributed by atoms with Crippen LogP contribution in [0.15, 0.2) is 4.90 Å². The number of hydrogen-bond donors (Lipinski definition) is 3. The highest BCUT2D eigenvalue weighted by Crippen LogP contribution is 2.25. The summed E-state index contributed by atoms with van der Waals surface area (Å²) < 4.78 is 28.7. The molecule has 0 radical (unpaired) electrons. The van der Waals surface area contributed by atoms with Crippen molar-refractivity contribution in [2.75, 3.05) is 12.3 Å². The van der Waals surface area contributed by atoms with E-state index in [9.17, 15) is 13.5 Å². The number of hydrogen-bond acceptors (Lipinski definition) is 5. The third kappa shape index (κ3) is 3.13. The van der Waals surface area contributed by atoms with Crippen LogP contribution >= 0.6 is 0 Å². The van der Waals surface area contributed by atoms with Crippen molar-refractivity contribution in [3.8, 4) is 0 Å². The van der Waals surface area contributed by atoms with Gasteiger partial charge in [0.05, 0.1) is 11.8 Å². The number of nitrogen functional groups attached to an aromatic ring is 1. The highest BCUT2D eigenvalue weighted by atomic mass is 32.2. The van der Waals surface area contributed by atoms with Gasteiger partial charge in [-0.15, -0.1) is 0 Å². The van der Waals surface area contributed by atoms with Crippen LogP contribution in [0, 0.1) is 12.8 Å². The fourth-order valence-electron chi connectivity index (χ4n) is 2.60. The van der Waals surface area contributed by atoms with Gasteiger partial charge in [0.25, 0.3) is 0 Å². The maximum Gasteiger partial charge on any atom is 0.246 e. The Hall–Kier alpha value is -1.12. The summed E-state index contributed by atoms with van der Waals surface area (Å²) in [4.78, 5) is 0.0656. The molecule has 0 unspecified atom stereocenters. The van der Waals surface area contributed by atoms with E-state index in [0.29, 0.717) is 12.2 Å². The normalized spacial score (nSPS) is 23.9. The van der Waals surface area contributed by atoms with Crippen molar-refractivity contribution in [1.82, 2.24) is 14.5 Å². The maximum atomic E-state index is 12.3. The van der Waals surface area contributed by atoms with Gasteiger partial charge in [0.15, 0.2) is 5.82 Å². The first kappa shape index (κ1) is 15.3. The van der Waals surface area contributed by atoms with Gasteiger partial charge in [0.2, 0.25) is 10.0 Å². The zero-order chi connectivity index (χ0) is 14.9. The largest absolute Gasteiger partial charge is 0.393 e. The van der Waals surface area contributed by atoms with E-state index in [4.69, 9.17) is 5.73 Å². The van der Waals surface area contributed by atoms with E-state index in [-0.39, 0.29) is 22.7 Å². The number of aliphatic hydroxyl groups excluding tert-OH is 1. The molecule has 0 saturated heterocycles. The van der Waals surface area contributed by atoms with Gasteiger partial charge in [0.1, 0.15) is 4.90 Å². The Morgan fingerprint density at radius 3 is 2.50 bits per heavy atom. The third-order valence-electron chi connectivity index (χ3n) is 3.95. The first-order chi connectivity index (χ1) is 9.31. The number of nitrogens with one attached hydrogen (secondary N) is 1. The Morgan fingerprint density at radius 2 is 2.00 bits per heavy atom. The Labute approximate surface area is 119 Å². The van der Waals surface area contributed by atoms with Crippen LogP contribution in [0.1, 0.15) is 31.4 Å². The molecule has 1 aromatic rings. The number of sulfonamides is 1. The lowest BCUT2D eigenvalue weighted by atomic mass is 9.88. The number of anilines is 1. The van der Waals surface area contributed by atoms with Gasteiger partial charge < -0.3 is 10.8 Å². The molecule has 1 saturated carbocycles. The second-order valence-corrected chi connectivity index (χ2v) is 7.15. The minimum atomic E-state index is -3.63. The molecule has 20 heavy (non-hydrogen) atoms. The molecular weight excluding hydrogens is 280 g/mol. The van der Waals surface area contributed by atoms with Crippen molar-refractivity contribution in [3.05, 3.63) is 5.69 Å². The van der Waals surface area contributed by atoms with Crippen molar-refractivity contribution in [2.45, 2.75) is 43.6 Å². The predicted octanol–water partition coefficient (Wildman–Crippen LogP) is 0.140. The van der Waals surface area contributed by atoms with E-state index in [2.05, 4.69) is 9.82 Å². The number of aliphatic hydroxyl groups is 1. The van der Waals surface area contributed by atoms with Crippen molar-refractivity contribution in [1.29, 1.82) is 0 Å². The molecule has 2 rings (SSSR count). The van der Waals surface area contributed by atoms with Crippen LogP contribution in [0.2, 0.25) is 0 Å². The van der Waals surface area contributed by atoms with Crippen molar-refractivity contribution in [3.63, 3.8) is 0 Å². The summed E-state index contributed by atoms with van der Waals surface area (Å²) in [7, 11) is -1.97. The zero-order valence-electron chi connectivity index (χ0n) is 11.8. The lowest BCUT2D eigenvalue weighted by Gasteiger charge is -2.25. The molecule has 1 aliphatic rings. The van der Waals surface area contributed by atoms with Gasteiger partial charge in [-0.1, -0.05) is 0 Å². The van der Waals surface area contributed by atoms with Gasteiger partial charge in [0, 0.05) is 13.6 Å². The first-order valence-electron chi connectivity index (χ1n) is 6.78. The summed E-state index contributed by atoms with van der Waals surface area (Å²) in [6, 6.07) is 0. The van der Waals surface area contributed by atoms with Gasteiger partial charge in [-0.25, -0.2) is 13.1 Å². The SMILES string of the molecule is Cc1c(S(=O)(=O)NCC2CCC(O)CC2)c(N)nn1C. The Bertz CT molecular complexity index is 574. The Kier molecular flexibility index (Phi) is 4.36. The summed E-state index contributed by atoms with van der Waals surface area (Å²) in [5.41, 5.74) is 6.19. The lowest BCUT2D eigenvalue weighted by molar-refractivity contribution is 0.109. The van der Waals surface area contributed by atoms with Gasteiger partial charge in [-0.3, -0.25) is 4.68 Å². The van der Waals surface area contributed by atoms with E-state index < -0.39 is 10.0 Å². The smallest absolute Gasteiger partial charge is 0.246 e. The molecule has 1 aliphatic carbocycles. The van der Waals surface area contributed by atoms with E-state index >= 15 is 0 Å². The Balaban J connectivity index is 2.04. The molecule has 8 heteroatoms. The minimum absolute atomic E-state index is 0.0246. The van der Waals surface area contributed by atoms with Crippen molar-refractivity contribution >= 4 is 15.8 Å². The van der Waals surface area contributed by atoms with Crippen molar-refractivity contribution < 1.29 is 13.5 Å². The van der Waals surface area contributed by atoms with Crippen molar-refractivity contribution in [2.24, 2.45) is 13.0 Å². The second kappa shape index (κ2) is 5.71. The standard InChI is InChI=1S/C12H22N4O3S/c1-8-11(12(13)15-16(8)2)20(18,19)14-7-9-3-5-10(17)6-4-9/h9-10,14,17H,3-7H2,1-2H3,(H2,13,15). The highest BCUT2D eigenvalue weighted by molar-refractivity contribution is 7.89. The number of nitrogens with zero attached hydrogens (tertiary/aromatic N) is 2. The number of aryl methyl sites for hydroxylation is 1. The Morgan fingerprint density at radius 1 is 1.40 bits per heavy atom. The van der Waals surface area contributed by atoms with Crippen LogP contribution in [-0.4, -0.2) is 36.0 Å². The second-order valence-electron chi connectivity index (χ2n) is 5.45. The molecule has 1 fully saturated rings. The van der Waals surface area contributed by atoms with E-state index in [0.717, 1.165) is 25.7 Å². The number of nitrogens with two attached hydrogens (primary N) is 1. The fourth-order valence-corrected chi connectivity index (χ4v) is 4.03. The third-order valence-corrected chi connectivity index (χ3v) is 5.54. The van der Waals surface area contributed by atoms with Gasteiger partial charge >= 0.3 is 0 Å². The number of aromatic nitrogens is 2. The highest BCUT2D eigenvalue weighted by Gasteiger charge is 2.26. The van der Waals surface area contributed by atoms with Crippen LogP contribution in [0.4, 0.5) is 5.82 Å². The van der Waals surface area contributed by atoms with Crippen LogP contribution in [0.3, 0.4) is 0 Å². The quantitative estimate of drug-likeness (QED) is 0.733. The maximum absolute atomic E-state index is 12.3. The van der Waals surface area contributed by atoms with E-state index in [1.807, 2.05) is 0 Å². The molecule has 4 N–H and O–H groups in total. The number of rotatable bonds is 4. The minimum Gasteiger partial charge on any atom is -0.393 e. The first-order valence-corrected chi connectivity index (χ1v) is 8.26.